The number of carbonyl (C=O) groups excluding carboxylic acids is 1. The maximum Gasteiger partial charge on any atom is 0.295 e. The van der Waals surface area contributed by atoms with E-state index in [1.165, 1.54) is 12.8 Å². The Morgan fingerprint density at radius 3 is 1.85 bits per heavy atom. The molecule has 0 aliphatic heterocycles. The van der Waals surface area contributed by atoms with Gasteiger partial charge in [-0.2, -0.15) is 0 Å². The third-order valence-electron chi connectivity index (χ3n) is 5.00. The van der Waals surface area contributed by atoms with Gasteiger partial charge in [-0.05, 0) is 42.9 Å². The maximum atomic E-state index is 13.0. The molecule has 1 atom stereocenters. The van der Waals surface area contributed by atoms with Crippen LogP contribution in [0.15, 0.2) is 0 Å². The highest BCUT2D eigenvalue weighted by Gasteiger charge is 2.57. The lowest BCUT2D eigenvalue weighted by atomic mass is 10.2. The van der Waals surface area contributed by atoms with Crippen LogP contribution in [0.25, 0.3) is 0 Å². The topological polar surface area (TPSA) is 35.5 Å². The van der Waals surface area contributed by atoms with Crippen molar-refractivity contribution in [1.82, 2.24) is 0 Å². The van der Waals surface area contributed by atoms with Crippen LogP contribution in [-0.2, 0) is 13.6 Å². The molecule has 0 heterocycles. The minimum atomic E-state index is -2.32. The molecule has 0 saturated heterocycles. The molecule has 3 nitrogen and oxygen atoms in total. The smallest absolute Gasteiger partial charge is 0.295 e. The predicted octanol–water partition coefficient (Wildman–Crippen LogP) is 6.75. The van der Waals surface area contributed by atoms with Crippen LogP contribution in [-0.4, -0.2) is 29.7 Å². The molecule has 0 bridgehead atoms. The van der Waals surface area contributed by atoms with E-state index in [0.29, 0.717) is 9.76 Å². The molecule has 26 heavy (non-hydrogen) atoms. The number of hydrogen-bond donors (Lipinski definition) is 0. The molecule has 0 aliphatic rings. The van der Waals surface area contributed by atoms with Gasteiger partial charge >= 0.3 is 0 Å². The SMILES string of the molecule is CCCCC[Si](OC(=O)C(C)C[Si]OC(C)(C)C)(C(C)(C)C)C(C)(C)C. The monoisotopic (exact) mass is 400 g/mol. The zero-order chi connectivity index (χ0) is 20.8. The van der Waals surface area contributed by atoms with Gasteiger partial charge in [-0.25, -0.2) is 0 Å². The molecule has 0 saturated carbocycles. The van der Waals surface area contributed by atoms with Gasteiger partial charge < -0.3 is 8.85 Å². The summed E-state index contributed by atoms with van der Waals surface area (Å²) in [5, 5.41) is 0.0249. The van der Waals surface area contributed by atoms with Crippen LogP contribution in [0.4, 0.5) is 0 Å². The Hall–Kier alpha value is -0.136. The summed E-state index contributed by atoms with van der Waals surface area (Å²) in [6.07, 6.45) is 3.54. The molecule has 154 valence electrons. The largest absolute Gasteiger partial charge is 0.518 e. The van der Waals surface area contributed by atoms with Gasteiger partial charge in [0.1, 0.15) is 0 Å². The Morgan fingerprint density at radius 1 is 0.962 bits per heavy atom. The number of carbonyl (C=O) groups is 1. The zero-order valence-corrected chi connectivity index (χ0v) is 21.3. The second kappa shape index (κ2) is 9.88. The van der Waals surface area contributed by atoms with Gasteiger partial charge in [0.15, 0.2) is 0 Å². The van der Waals surface area contributed by atoms with Crippen molar-refractivity contribution in [2.75, 3.05) is 0 Å². The van der Waals surface area contributed by atoms with Crippen LogP contribution in [0.5, 0.6) is 0 Å². The van der Waals surface area contributed by atoms with Crippen LogP contribution in [0.1, 0.15) is 95.4 Å². The quantitative estimate of drug-likeness (QED) is 0.317. The van der Waals surface area contributed by atoms with Crippen molar-refractivity contribution in [1.29, 1.82) is 0 Å². The first-order chi connectivity index (χ1) is 11.6. The van der Waals surface area contributed by atoms with E-state index in [1.807, 2.05) is 27.7 Å². The van der Waals surface area contributed by atoms with Gasteiger partial charge in [-0.3, -0.25) is 4.79 Å². The fraction of sp³-hybridized carbons (Fsp3) is 0.952. The van der Waals surface area contributed by atoms with Crippen molar-refractivity contribution in [2.45, 2.75) is 123 Å². The molecular formula is C21H44O3Si2. The molecule has 0 amide bonds. The van der Waals surface area contributed by atoms with Gasteiger partial charge in [0.05, 0.1) is 5.92 Å². The minimum absolute atomic E-state index is 0.0125. The second-order valence-corrected chi connectivity index (χ2v) is 16.9. The van der Waals surface area contributed by atoms with Crippen LogP contribution in [0.3, 0.4) is 0 Å². The van der Waals surface area contributed by atoms with Gasteiger partial charge in [0.2, 0.25) is 9.76 Å². The van der Waals surface area contributed by atoms with Crippen molar-refractivity contribution in [3.63, 3.8) is 0 Å². The Bertz CT molecular complexity index is 414. The molecule has 0 aromatic heterocycles. The Labute approximate surface area is 167 Å². The summed E-state index contributed by atoms with van der Waals surface area (Å²) in [6, 6.07) is 1.79. The lowest BCUT2D eigenvalue weighted by Crippen LogP contribution is -2.56. The molecule has 0 aliphatic carbocycles. The first-order valence-electron chi connectivity index (χ1n) is 10.2. The van der Waals surface area contributed by atoms with E-state index in [1.54, 1.807) is 0 Å². The first kappa shape index (κ1) is 25.9. The molecule has 0 spiro atoms. The molecule has 5 heteroatoms. The van der Waals surface area contributed by atoms with E-state index in [4.69, 9.17) is 8.85 Å². The minimum Gasteiger partial charge on any atom is -0.518 e. The van der Waals surface area contributed by atoms with E-state index in [-0.39, 0.29) is 27.6 Å². The van der Waals surface area contributed by atoms with Crippen molar-refractivity contribution < 1.29 is 13.6 Å². The van der Waals surface area contributed by atoms with E-state index in [0.717, 1.165) is 18.5 Å². The van der Waals surface area contributed by atoms with Crippen molar-refractivity contribution >= 4 is 24.0 Å². The Balaban J connectivity index is 5.30. The summed E-state index contributed by atoms with van der Waals surface area (Å²) in [6.45, 7) is 23.9. The number of hydrogen-bond acceptors (Lipinski definition) is 3. The Kier molecular flexibility index (Phi) is 9.82. The Morgan fingerprint density at radius 2 is 1.46 bits per heavy atom. The molecular weight excluding hydrogens is 356 g/mol. The first-order valence-corrected chi connectivity index (χ1v) is 13.4. The molecule has 2 radical (unpaired) electrons. The highest BCUT2D eigenvalue weighted by Crippen LogP contribution is 2.54. The standard InChI is InChI=1S/C21H44O3Si2/c1-12-13-14-15-26(20(6,7)8,21(9,10)11)23-18(22)17(2)16-25-24-19(3,4)5/h17H,12-16H2,1-11H3. The maximum absolute atomic E-state index is 13.0. The number of unbranched alkanes of at least 4 members (excludes halogenated alkanes) is 2. The van der Waals surface area contributed by atoms with E-state index in [9.17, 15) is 4.79 Å². The van der Waals surface area contributed by atoms with Gasteiger partial charge in [0, 0.05) is 5.60 Å². The van der Waals surface area contributed by atoms with E-state index in [2.05, 4.69) is 48.5 Å². The summed E-state index contributed by atoms with van der Waals surface area (Å²) in [5.41, 5.74) is -0.155. The van der Waals surface area contributed by atoms with Crippen LogP contribution in [0, 0.1) is 5.92 Å². The molecule has 1 unspecified atom stereocenters. The molecule has 0 N–H and O–H groups in total. The van der Waals surface area contributed by atoms with Crippen molar-refractivity contribution in [2.24, 2.45) is 5.92 Å². The van der Waals surface area contributed by atoms with Gasteiger partial charge in [0.25, 0.3) is 14.3 Å². The lowest BCUT2D eigenvalue weighted by molar-refractivity contribution is -0.139. The van der Waals surface area contributed by atoms with Crippen molar-refractivity contribution in [3.05, 3.63) is 0 Å². The fourth-order valence-electron chi connectivity index (χ4n) is 3.59. The van der Waals surface area contributed by atoms with Gasteiger partial charge in [-0.1, -0.05) is 74.7 Å². The lowest BCUT2D eigenvalue weighted by Gasteiger charge is -2.50. The molecule has 0 aromatic carbocycles. The van der Waals surface area contributed by atoms with Gasteiger partial charge in [-0.15, -0.1) is 0 Å². The molecule has 0 aromatic rings. The highest BCUT2D eigenvalue weighted by atomic mass is 28.4. The number of rotatable bonds is 9. The second-order valence-electron chi connectivity index (χ2n) is 10.7. The van der Waals surface area contributed by atoms with Crippen LogP contribution < -0.4 is 0 Å². The summed E-state index contributed by atoms with van der Waals surface area (Å²) in [5.74, 6) is -0.138. The summed E-state index contributed by atoms with van der Waals surface area (Å²) >= 11 is 0. The van der Waals surface area contributed by atoms with E-state index < -0.39 is 8.32 Å². The normalized spacial score (nSPS) is 15.0. The predicted molar refractivity (Wildman–Crippen MR) is 116 cm³/mol. The average molecular weight is 401 g/mol. The summed E-state index contributed by atoms with van der Waals surface area (Å²) < 4.78 is 12.3. The zero-order valence-electron chi connectivity index (χ0n) is 19.3. The molecule has 0 fully saturated rings. The fourth-order valence-corrected chi connectivity index (χ4v) is 10.3. The highest BCUT2D eigenvalue weighted by molar-refractivity contribution is 6.80. The third-order valence-corrected chi connectivity index (χ3v) is 13.0. The van der Waals surface area contributed by atoms with Crippen LogP contribution in [0.2, 0.25) is 22.2 Å². The van der Waals surface area contributed by atoms with Crippen molar-refractivity contribution in [3.8, 4) is 0 Å². The third kappa shape index (κ3) is 7.85. The summed E-state index contributed by atoms with van der Waals surface area (Å²) in [4.78, 5) is 13.0. The average Bonchev–Trinajstić information content (AvgIpc) is 2.42. The van der Waals surface area contributed by atoms with Crippen LogP contribution >= 0.6 is 0 Å². The molecule has 0 rings (SSSR count). The van der Waals surface area contributed by atoms with E-state index >= 15 is 0 Å². The summed E-state index contributed by atoms with van der Waals surface area (Å²) in [7, 11) is -1.99.